The van der Waals surface area contributed by atoms with Crippen molar-refractivity contribution in [3.8, 4) is 0 Å². The van der Waals surface area contributed by atoms with Gasteiger partial charge in [0, 0.05) is 22.6 Å². The van der Waals surface area contributed by atoms with Gasteiger partial charge in [-0.3, -0.25) is 4.21 Å². The lowest BCUT2D eigenvalue weighted by Crippen LogP contribution is -2.40. The molecule has 0 spiro atoms. The summed E-state index contributed by atoms with van der Waals surface area (Å²) in [7, 11) is -0.821. The highest BCUT2D eigenvalue weighted by atomic mass is 32.2. The molecule has 1 saturated carbocycles. The van der Waals surface area contributed by atoms with Gasteiger partial charge in [-0.15, -0.1) is 0 Å². The van der Waals surface area contributed by atoms with Crippen LogP contribution >= 0.6 is 0 Å². The molecule has 2 N–H and O–H groups in total. The van der Waals surface area contributed by atoms with Crippen LogP contribution in [0.1, 0.15) is 36.8 Å². The molecule has 0 saturated heterocycles. The van der Waals surface area contributed by atoms with Gasteiger partial charge in [0.05, 0.1) is 5.25 Å². The van der Waals surface area contributed by atoms with E-state index in [0.29, 0.717) is 5.75 Å². The molecule has 1 aromatic rings. The van der Waals surface area contributed by atoms with E-state index in [1.807, 2.05) is 6.07 Å². The first-order valence-electron chi connectivity index (χ1n) is 6.35. The highest BCUT2D eigenvalue weighted by molar-refractivity contribution is 7.84. The predicted molar refractivity (Wildman–Crippen MR) is 73.3 cm³/mol. The van der Waals surface area contributed by atoms with Gasteiger partial charge in [-0.25, -0.2) is 0 Å². The average Bonchev–Trinajstić information content (AvgIpc) is 2.29. The van der Waals surface area contributed by atoms with Crippen LogP contribution in [-0.4, -0.2) is 15.5 Å². The van der Waals surface area contributed by atoms with Crippen molar-refractivity contribution in [2.24, 2.45) is 5.73 Å². The molecule has 1 aromatic carbocycles. The molecule has 3 atom stereocenters. The van der Waals surface area contributed by atoms with E-state index in [9.17, 15) is 4.21 Å². The van der Waals surface area contributed by atoms with Gasteiger partial charge >= 0.3 is 0 Å². The summed E-state index contributed by atoms with van der Waals surface area (Å²) in [5.41, 5.74) is 8.47. The Labute approximate surface area is 106 Å². The zero-order chi connectivity index (χ0) is 12.3. The molecular weight excluding hydrogens is 230 g/mol. The lowest BCUT2D eigenvalue weighted by molar-refractivity contribution is 0.445. The van der Waals surface area contributed by atoms with E-state index in [-0.39, 0.29) is 11.3 Å². The molecule has 0 heterocycles. The summed E-state index contributed by atoms with van der Waals surface area (Å²) in [6.07, 6.45) is 4.43. The quantitative estimate of drug-likeness (QED) is 0.897. The molecule has 3 unspecified atom stereocenters. The van der Waals surface area contributed by atoms with Crippen molar-refractivity contribution >= 4 is 10.8 Å². The third-order valence-corrected chi connectivity index (χ3v) is 5.36. The summed E-state index contributed by atoms with van der Waals surface area (Å²) < 4.78 is 12.3. The smallest absolute Gasteiger partial charge is 0.0502 e. The van der Waals surface area contributed by atoms with Crippen LogP contribution in [0.5, 0.6) is 0 Å². The molecule has 0 amide bonds. The number of aryl methyl sites for hydroxylation is 1. The maximum absolute atomic E-state index is 12.3. The van der Waals surface area contributed by atoms with Crippen molar-refractivity contribution in [1.82, 2.24) is 0 Å². The van der Waals surface area contributed by atoms with Crippen molar-refractivity contribution < 1.29 is 4.21 Å². The van der Waals surface area contributed by atoms with Crippen molar-refractivity contribution in [3.05, 3.63) is 35.4 Å². The van der Waals surface area contributed by atoms with E-state index in [1.165, 1.54) is 24.0 Å². The van der Waals surface area contributed by atoms with Crippen LogP contribution in [0.4, 0.5) is 0 Å². The Hall–Kier alpha value is -0.670. The van der Waals surface area contributed by atoms with Crippen LogP contribution < -0.4 is 5.73 Å². The van der Waals surface area contributed by atoms with Crippen LogP contribution in [0, 0.1) is 6.92 Å². The Kier molecular flexibility index (Phi) is 4.35. The van der Waals surface area contributed by atoms with Crippen molar-refractivity contribution in [2.45, 2.75) is 49.7 Å². The minimum Gasteiger partial charge on any atom is -0.327 e. The largest absolute Gasteiger partial charge is 0.327 e. The molecule has 0 radical (unpaired) electrons. The van der Waals surface area contributed by atoms with Gasteiger partial charge in [0.2, 0.25) is 0 Å². The summed E-state index contributed by atoms with van der Waals surface area (Å²) >= 11 is 0. The summed E-state index contributed by atoms with van der Waals surface area (Å²) in [5, 5.41) is 0.198. The Balaban J connectivity index is 2.01. The highest BCUT2D eigenvalue weighted by Crippen LogP contribution is 2.23. The van der Waals surface area contributed by atoms with Gasteiger partial charge in [-0.1, -0.05) is 42.7 Å². The molecular formula is C14H21NOS. The molecule has 3 heteroatoms. The molecule has 94 valence electrons. The van der Waals surface area contributed by atoms with E-state index in [0.717, 1.165) is 12.8 Å². The Morgan fingerprint density at radius 3 is 2.82 bits per heavy atom. The lowest BCUT2D eigenvalue weighted by atomic mass is 9.96. The highest BCUT2D eigenvalue weighted by Gasteiger charge is 2.26. The second-order valence-corrected chi connectivity index (χ2v) is 6.66. The molecule has 17 heavy (non-hydrogen) atoms. The topological polar surface area (TPSA) is 43.1 Å². The Morgan fingerprint density at radius 1 is 1.35 bits per heavy atom. The zero-order valence-corrected chi connectivity index (χ0v) is 11.2. The normalized spacial score (nSPS) is 26.7. The molecule has 0 aromatic heterocycles. The van der Waals surface area contributed by atoms with Crippen LogP contribution in [0.3, 0.4) is 0 Å². The van der Waals surface area contributed by atoms with E-state index in [4.69, 9.17) is 5.73 Å². The number of hydrogen-bond donors (Lipinski definition) is 1. The molecule has 0 bridgehead atoms. The Morgan fingerprint density at radius 2 is 2.12 bits per heavy atom. The van der Waals surface area contributed by atoms with Crippen molar-refractivity contribution in [3.63, 3.8) is 0 Å². The second-order valence-electron chi connectivity index (χ2n) is 5.00. The van der Waals surface area contributed by atoms with Gasteiger partial charge in [0.15, 0.2) is 0 Å². The fourth-order valence-electron chi connectivity index (χ4n) is 2.53. The van der Waals surface area contributed by atoms with Crippen molar-refractivity contribution in [2.75, 3.05) is 0 Å². The summed E-state index contributed by atoms with van der Waals surface area (Å²) in [6.45, 7) is 2.07. The third kappa shape index (κ3) is 3.39. The average molecular weight is 251 g/mol. The van der Waals surface area contributed by atoms with Crippen molar-refractivity contribution in [1.29, 1.82) is 0 Å². The number of hydrogen-bond acceptors (Lipinski definition) is 2. The number of rotatable bonds is 3. The molecule has 2 rings (SSSR count). The van der Waals surface area contributed by atoms with E-state index < -0.39 is 10.8 Å². The summed E-state index contributed by atoms with van der Waals surface area (Å²) in [6, 6.07) is 8.40. The number of nitrogens with two attached hydrogens (primary N) is 1. The zero-order valence-electron chi connectivity index (χ0n) is 10.4. The Bertz CT molecular complexity index is 405. The molecule has 0 aliphatic heterocycles. The molecule has 1 aliphatic rings. The fourth-order valence-corrected chi connectivity index (χ4v) is 4.20. The van der Waals surface area contributed by atoms with Gasteiger partial charge in [-0.05, 0) is 25.3 Å². The second kappa shape index (κ2) is 5.78. The van der Waals surface area contributed by atoms with Crippen LogP contribution in [0.25, 0.3) is 0 Å². The minimum atomic E-state index is -0.821. The first kappa shape index (κ1) is 12.8. The monoisotopic (exact) mass is 251 g/mol. The molecule has 1 aliphatic carbocycles. The van der Waals surface area contributed by atoms with Gasteiger partial charge < -0.3 is 5.73 Å². The predicted octanol–water partition coefficient (Wildman–Crippen LogP) is 2.51. The van der Waals surface area contributed by atoms with Gasteiger partial charge in [0.25, 0.3) is 0 Å². The maximum Gasteiger partial charge on any atom is 0.0502 e. The van der Waals surface area contributed by atoms with Crippen LogP contribution in [0.2, 0.25) is 0 Å². The maximum atomic E-state index is 12.3. The summed E-state index contributed by atoms with van der Waals surface area (Å²) in [5.74, 6) is 0.653. The standard InChI is InChI=1S/C14H21NOS/c1-11-5-4-6-12(9-11)10-17(16)14-8-3-2-7-13(14)15/h4-6,9,13-14H,2-3,7-8,10,15H2,1H3. The molecule has 1 fully saturated rings. The first-order valence-corrected chi connectivity index (χ1v) is 7.73. The van der Waals surface area contributed by atoms with E-state index in [2.05, 4.69) is 25.1 Å². The van der Waals surface area contributed by atoms with Crippen LogP contribution in [0.15, 0.2) is 24.3 Å². The van der Waals surface area contributed by atoms with E-state index in [1.54, 1.807) is 0 Å². The number of benzene rings is 1. The van der Waals surface area contributed by atoms with E-state index >= 15 is 0 Å². The molecule has 2 nitrogen and oxygen atoms in total. The lowest BCUT2D eigenvalue weighted by Gasteiger charge is -2.27. The van der Waals surface area contributed by atoms with Gasteiger partial charge in [0.1, 0.15) is 0 Å². The summed E-state index contributed by atoms with van der Waals surface area (Å²) in [4.78, 5) is 0. The minimum absolute atomic E-state index is 0.134. The van der Waals surface area contributed by atoms with Gasteiger partial charge in [-0.2, -0.15) is 0 Å². The first-order chi connectivity index (χ1) is 8.16. The third-order valence-electron chi connectivity index (χ3n) is 3.48. The van der Waals surface area contributed by atoms with Crippen LogP contribution in [-0.2, 0) is 16.6 Å². The fraction of sp³-hybridized carbons (Fsp3) is 0.571. The SMILES string of the molecule is Cc1cccc(CS(=O)C2CCCCC2N)c1.